The van der Waals surface area contributed by atoms with Gasteiger partial charge in [0.2, 0.25) is 0 Å². The maximum absolute atomic E-state index is 12.8. The average Bonchev–Trinajstić information content (AvgIpc) is 2.96. The highest BCUT2D eigenvalue weighted by Crippen LogP contribution is 2.34. The number of benzene rings is 1. The lowest BCUT2D eigenvalue weighted by molar-refractivity contribution is -0.145. The SMILES string of the molecule is Cc1c(C(=O)NC2(C)CCCCC2C(=O)O)cnn1-c1ccccc1Cl. The molecular weight excluding hydrogens is 354 g/mol. The number of aromatic nitrogens is 2. The van der Waals surface area contributed by atoms with E-state index < -0.39 is 17.4 Å². The molecule has 0 radical (unpaired) electrons. The lowest BCUT2D eigenvalue weighted by atomic mass is 9.73. The predicted molar refractivity (Wildman–Crippen MR) is 98.8 cm³/mol. The van der Waals surface area contributed by atoms with Crippen molar-refractivity contribution in [3.8, 4) is 5.69 Å². The van der Waals surface area contributed by atoms with Gasteiger partial charge in [-0.2, -0.15) is 5.10 Å². The maximum Gasteiger partial charge on any atom is 0.308 e. The highest BCUT2D eigenvalue weighted by atomic mass is 35.5. The average molecular weight is 376 g/mol. The molecule has 2 atom stereocenters. The highest BCUT2D eigenvalue weighted by molar-refractivity contribution is 6.32. The summed E-state index contributed by atoms with van der Waals surface area (Å²) in [5.41, 5.74) is 1.00. The van der Waals surface area contributed by atoms with Crippen molar-refractivity contribution in [2.45, 2.75) is 45.1 Å². The number of carboxylic acids is 1. The number of hydrogen-bond donors (Lipinski definition) is 2. The predicted octanol–water partition coefficient (Wildman–Crippen LogP) is 3.60. The number of amides is 1. The molecular formula is C19H22ClN3O3. The largest absolute Gasteiger partial charge is 0.481 e. The number of carbonyl (C=O) groups excluding carboxylic acids is 1. The lowest BCUT2D eigenvalue weighted by Crippen LogP contribution is -2.55. The van der Waals surface area contributed by atoms with Crippen LogP contribution >= 0.6 is 11.6 Å². The van der Waals surface area contributed by atoms with E-state index in [-0.39, 0.29) is 5.91 Å². The second-order valence-corrected chi connectivity index (χ2v) is 7.42. The fourth-order valence-electron chi connectivity index (χ4n) is 3.70. The van der Waals surface area contributed by atoms with Crippen molar-refractivity contribution >= 4 is 23.5 Å². The van der Waals surface area contributed by atoms with Crippen LogP contribution in [0, 0.1) is 12.8 Å². The molecule has 7 heteroatoms. The minimum absolute atomic E-state index is 0.309. The number of nitrogens with one attached hydrogen (secondary N) is 1. The van der Waals surface area contributed by atoms with Gasteiger partial charge < -0.3 is 10.4 Å². The molecule has 0 aliphatic heterocycles. The third-order valence-electron chi connectivity index (χ3n) is 5.24. The zero-order valence-corrected chi connectivity index (χ0v) is 15.6. The third-order valence-corrected chi connectivity index (χ3v) is 5.56. The lowest BCUT2D eigenvalue weighted by Gasteiger charge is -2.39. The Bertz CT molecular complexity index is 848. The van der Waals surface area contributed by atoms with Gasteiger partial charge in [0.05, 0.1) is 39.6 Å². The first-order chi connectivity index (χ1) is 12.3. The van der Waals surface area contributed by atoms with Gasteiger partial charge >= 0.3 is 5.97 Å². The fourth-order valence-corrected chi connectivity index (χ4v) is 3.92. The van der Waals surface area contributed by atoms with Gasteiger partial charge in [0.1, 0.15) is 0 Å². The van der Waals surface area contributed by atoms with Crippen molar-refractivity contribution in [1.82, 2.24) is 15.1 Å². The van der Waals surface area contributed by atoms with Crippen molar-refractivity contribution in [2.24, 2.45) is 5.92 Å². The van der Waals surface area contributed by atoms with Crippen LogP contribution < -0.4 is 5.32 Å². The number of nitrogens with zero attached hydrogens (tertiary/aromatic N) is 2. The molecule has 0 saturated heterocycles. The molecule has 2 unspecified atom stereocenters. The van der Waals surface area contributed by atoms with E-state index in [1.54, 1.807) is 17.7 Å². The molecule has 3 rings (SSSR count). The zero-order valence-electron chi connectivity index (χ0n) is 14.8. The van der Waals surface area contributed by atoms with Crippen LogP contribution in [0.25, 0.3) is 5.69 Å². The minimum Gasteiger partial charge on any atom is -0.481 e. The first-order valence-corrected chi connectivity index (χ1v) is 9.06. The first kappa shape index (κ1) is 18.5. The summed E-state index contributed by atoms with van der Waals surface area (Å²) in [7, 11) is 0. The van der Waals surface area contributed by atoms with Gasteiger partial charge in [-0.3, -0.25) is 9.59 Å². The summed E-state index contributed by atoms with van der Waals surface area (Å²) in [6.07, 6.45) is 4.48. The molecule has 1 aromatic heterocycles. The third kappa shape index (κ3) is 3.33. The fraction of sp³-hybridized carbons (Fsp3) is 0.421. The Morgan fingerprint density at radius 1 is 1.35 bits per heavy atom. The summed E-state index contributed by atoms with van der Waals surface area (Å²) in [5.74, 6) is -1.76. The quantitative estimate of drug-likeness (QED) is 0.855. The second-order valence-electron chi connectivity index (χ2n) is 7.02. The summed E-state index contributed by atoms with van der Waals surface area (Å²) < 4.78 is 1.62. The normalized spacial score (nSPS) is 22.8. The van der Waals surface area contributed by atoms with Gasteiger partial charge in [-0.15, -0.1) is 0 Å². The van der Waals surface area contributed by atoms with Crippen molar-refractivity contribution in [3.05, 3.63) is 46.7 Å². The first-order valence-electron chi connectivity index (χ1n) is 8.68. The van der Waals surface area contributed by atoms with Crippen LogP contribution in [0.2, 0.25) is 5.02 Å². The monoisotopic (exact) mass is 375 g/mol. The second kappa shape index (κ2) is 7.11. The number of halogens is 1. The van der Waals surface area contributed by atoms with Crippen LogP contribution in [-0.2, 0) is 4.79 Å². The van der Waals surface area contributed by atoms with Gasteiger partial charge in [-0.1, -0.05) is 36.6 Å². The molecule has 1 amide bonds. The number of carboxylic acid groups (broad SMARTS) is 1. The summed E-state index contributed by atoms with van der Waals surface area (Å²) in [4.78, 5) is 24.4. The van der Waals surface area contributed by atoms with Crippen LogP contribution in [0.5, 0.6) is 0 Å². The number of hydrogen-bond acceptors (Lipinski definition) is 3. The Morgan fingerprint density at radius 3 is 2.77 bits per heavy atom. The van der Waals surface area contributed by atoms with E-state index in [9.17, 15) is 14.7 Å². The van der Waals surface area contributed by atoms with E-state index in [4.69, 9.17) is 11.6 Å². The van der Waals surface area contributed by atoms with Gasteiger partial charge in [-0.25, -0.2) is 4.68 Å². The molecule has 1 saturated carbocycles. The van der Waals surface area contributed by atoms with Crippen molar-refractivity contribution in [3.63, 3.8) is 0 Å². The van der Waals surface area contributed by atoms with Crippen LogP contribution in [0.1, 0.15) is 48.7 Å². The van der Waals surface area contributed by atoms with Gasteiger partial charge in [0.25, 0.3) is 5.91 Å². The summed E-state index contributed by atoms with van der Waals surface area (Å²) in [5, 5.41) is 17.3. The number of aliphatic carboxylic acids is 1. The molecule has 1 fully saturated rings. The van der Waals surface area contributed by atoms with Crippen molar-refractivity contribution < 1.29 is 14.7 Å². The molecule has 1 heterocycles. The Labute approximate surface area is 157 Å². The van der Waals surface area contributed by atoms with Gasteiger partial charge in [0.15, 0.2) is 0 Å². The van der Waals surface area contributed by atoms with Gasteiger partial charge in [0, 0.05) is 0 Å². The standard InChI is InChI=1S/C19H22ClN3O3/c1-12-13(11-21-23(12)16-9-4-3-8-15(16)20)17(24)22-19(2)10-6-5-7-14(19)18(25)26/h3-4,8-9,11,14H,5-7,10H2,1-2H3,(H,22,24)(H,25,26). The summed E-state index contributed by atoms with van der Waals surface area (Å²) in [6.45, 7) is 3.61. The van der Waals surface area contributed by atoms with E-state index in [0.717, 1.165) is 12.8 Å². The molecule has 1 aliphatic carbocycles. The number of rotatable bonds is 4. The molecule has 6 nitrogen and oxygen atoms in total. The van der Waals surface area contributed by atoms with Crippen LogP contribution in [0.3, 0.4) is 0 Å². The molecule has 138 valence electrons. The summed E-state index contributed by atoms with van der Waals surface area (Å²) >= 11 is 6.22. The van der Waals surface area contributed by atoms with Crippen molar-refractivity contribution in [2.75, 3.05) is 0 Å². The molecule has 26 heavy (non-hydrogen) atoms. The Balaban J connectivity index is 1.87. The molecule has 2 aromatic rings. The number of para-hydroxylation sites is 1. The molecule has 1 aliphatic rings. The molecule has 0 spiro atoms. The summed E-state index contributed by atoms with van der Waals surface area (Å²) in [6, 6.07) is 7.27. The number of carbonyl (C=O) groups is 2. The highest BCUT2D eigenvalue weighted by Gasteiger charge is 2.42. The van der Waals surface area contributed by atoms with Crippen molar-refractivity contribution in [1.29, 1.82) is 0 Å². The minimum atomic E-state index is -0.865. The maximum atomic E-state index is 12.8. The molecule has 2 N–H and O–H groups in total. The Hall–Kier alpha value is -2.34. The smallest absolute Gasteiger partial charge is 0.308 e. The topological polar surface area (TPSA) is 84.2 Å². The van der Waals surface area contributed by atoms with E-state index in [1.165, 1.54) is 6.20 Å². The van der Waals surface area contributed by atoms with Crippen LogP contribution in [0.4, 0.5) is 0 Å². The van der Waals surface area contributed by atoms with Crippen LogP contribution in [0.15, 0.2) is 30.5 Å². The molecule has 0 bridgehead atoms. The Morgan fingerprint density at radius 2 is 2.08 bits per heavy atom. The zero-order chi connectivity index (χ0) is 18.9. The van der Waals surface area contributed by atoms with Gasteiger partial charge in [-0.05, 0) is 38.8 Å². The van der Waals surface area contributed by atoms with Crippen LogP contribution in [-0.4, -0.2) is 32.3 Å². The Kier molecular flexibility index (Phi) is 5.05. The molecule has 1 aromatic carbocycles. The van der Waals surface area contributed by atoms with E-state index >= 15 is 0 Å². The van der Waals surface area contributed by atoms with E-state index in [2.05, 4.69) is 10.4 Å². The van der Waals surface area contributed by atoms with E-state index in [0.29, 0.717) is 34.8 Å². The van der Waals surface area contributed by atoms with E-state index in [1.807, 2.05) is 25.1 Å².